The predicted molar refractivity (Wildman–Crippen MR) is 82.2 cm³/mol. The number of hydrogen-bond acceptors (Lipinski definition) is 4. The lowest BCUT2D eigenvalue weighted by molar-refractivity contribution is 0.0527. The summed E-state index contributed by atoms with van der Waals surface area (Å²) in [5, 5.41) is 3.85. The SMILES string of the molecule is CCOC(=O)c1cc(N)cc(Cl)c1NC1CCC(C)C1. The van der Waals surface area contributed by atoms with Crippen molar-refractivity contribution in [1.82, 2.24) is 0 Å². The number of halogens is 1. The quantitative estimate of drug-likeness (QED) is 0.657. The average Bonchev–Trinajstić information content (AvgIpc) is 2.78. The minimum Gasteiger partial charge on any atom is -0.462 e. The van der Waals surface area contributed by atoms with E-state index in [1.165, 1.54) is 6.42 Å². The Morgan fingerprint density at radius 3 is 2.85 bits per heavy atom. The van der Waals surface area contributed by atoms with Gasteiger partial charge in [-0.2, -0.15) is 0 Å². The topological polar surface area (TPSA) is 64.3 Å². The van der Waals surface area contributed by atoms with Crippen molar-refractivity contribution < 1.29 is 9.53 Å². The van der Waals surface area contributed by atoms with Crippen LogP contribution in [0.3, 0.4) is 0 Å². The maximum Gasteiger partial charge on any atom is 0.340 e. The second-order valence-electron chi connectivity index (χ2n) is 5.41. The first-order valence-corrected chi connectivity index (χ1v) is 7.41. The minimum atomic E-state index is -0.393. The largest absolute Gasteiger partial charge is 0.462 e. The van der Waals surface area contributed by atoms with Crippen molar-refractivity contribution in [3.63, 3.8) is 0 Å². The summed E-state index contributed by atoms with van der Waals surface area (Å²) < 4.78 is 5.07. The van der Waals surface area contributed by atoms with Crippen LogP contribution < -0.4 is 11.1 Å². The van der Waals surface area contributed by atoms with Crippen molar-refractivity contribution in [2.75, 3.05) is 17.7 Å². The van der Waals surface area contributed by atoms with Gasteiger partial charge in [-0.05, 0) is 44.2 Å². The van der Waals surface area contributed by atoms with Crippen LogP contribution in [0.5, 0.6) is 0 Å². The van der Waals surface area contributed by atoms with E-state index in [1.54, 1.807) is 19.1 Å². The van der Waals surface area contributed by atoms with Gasteiger partial charge in [-0.15, -0.1) is 0 Å². The van der Waals surface area contributed by atoms with Crippen molar-refractivity contribution in [2.45, 2.75) is 39.2 Å². The van der Waals surface area contributed by atoms with Crippen molar-refractivity contribution in [2.24, 2.45) is 5.92 Å². The number of esters is 1. The van der Waals surface area contributed by atoms with Gasteiger partial charge in [0.15, 0.2) is 0 Å². The summed E-state index contributed by atoms with van der Waals surface area (Å²) in [6.45, 7) is 4.33. The Bertz CT molecular complexity index is 505. The van der Waals surface area contributed by atoms with Gasteiger partial charge in [0.1, 0.15) is 0 Å². The van der Waals surface area contributed by atoms with Crippen LogP contribution in [-0.2, 0) is 4.74 Å². The molecule has 0 aromatic heterocycles. The van der Waals surface area contributed by atoms with Crippen molar-refractivity contribution in [3.05, 3.63) is 22.7 Å². The van der Waals surface area contributed by atoms with Crippen LogP contribution in [-0.4, -0.2) is 18.6 Å². The van der Waals surface area contributed by atoms with Gasteiger partial charge in [-0.3, -0.25) is 0 Å². The molecule has 2 atom stereocenters. The Morgan fingerprint density at radius 1 is 1.50 bits per heavy atom. The van der Waals surface area contributed by atoms with Crippen molar-refractivity contribution in [1.29, 1.82) is 0 Å². The molecule has 110 valence electrons. The monoisotopic (exact) mass is 296 g/mol. The van der Waals surface area contributed by atoms with Gasteiger partial charge in [-0.1, -0.05) is 18.5 Å². The summed E-state index contributed by atoms with van der Waals surface area (Å²) >= 11 is 6.24. The van der Waals surface area contributed by atoms with Gasteiger partial charge in [0.25, 0.3) is 0 Å². The van der Waals surface area contributed by atoms with Gasteiger partial charge in [0.2, 0.25) is 0 Å². The number of anilines is 2. The second-order valence-corrected chi connectivity index (χ2v) is 5.81. The molecule has 0 aliphatic heterocycles. The third-order valence-corrected chi connectivity index (χ3v) is 3.95. The first kappa shape index (κ1) is 15.0. The number of nitrogens with two attached hydrogens (primary N) is 1. The van der Waals surface area contributed by atoms with E-state index in [9.17, 15) is 4.79 Å². The van der Waals surface area contributed by atoms with E-state index in [-0.39, 0.29) is 0 Å². The molecule has 5 heteroatoms. The Balaban J connectivity index is 2.27. The highest BCUT2D eigenvalue weighted by Gasteiger charge is 2.24. The number of benzene rings is 1. The van der Waals surface area contributed by atoms with Crippen LogP contribution in [0.25, 0.3) is 0 Å². The summed E-state index contributed by atoms with van der Waals surface area (Å²) in [4.78, 5) is 12.0. The van der Waals surface area contributed by atoms with E-state index < -0.39 is 5.97 Å². The summed E-state index contributed by atoms with van der Waals surface area (Å²) in [5.74, 6) is 0.307. The van der Waals surface area contributed by atoms with E-state index in [0.29, 0.717) is 40.5 Å². The highest BCUT2D eigenvalue weighted by molar-refractivity contribution is 6.34. The number of hydrogen-bond donors (Lipinski definition) is 2. The first-order valence-electron chi connectivity index (χ1n) is 7.04. The van der Waals surface area contributed by atoms with E-state index in [2.05, 4.69) is 12.2 Å². The number of nitrogen functional groups attached to an aromatic ring is 1. The normalized spacial score (nSPS) is 21.8. The van der Waals surface area contributed by atoms with Gasteiger partial charge < -0.3 is 15.8 Å². The van der Waals surface area contributed by atoms with Crippen LogP contribution in [0, 0.1) is 5.92 Å². The lowest BCUT2D eigenvalue weighted by atomic mass is 10.1. The molecule has 4 nitrogen and oxygen atoms in total. The number of carbonyl (C=O) groups excluding carboxylic acids is 1. The number of rotatable bonds is 4. The Kier molecular flexibility index (Phi) is 4.76. The first-order chi connectivity index (χ1) is 9.51. The summed E-state index contributed by atoms with van der Waals surface area (Å²) in [6.07, 6.45) is 3.37. The zero-order valence-corrected chi connectivity index (χ0v) is 12.7. The molecule has 1 aliphatic carbocycles. The fourth-order valence-corrected chi connectivity index (χ4v) is 2.97. The molecule has 2 unspecified atom stereocenters. The fraction of sp³-hybridized carbons (Fsp3) is 0.533. The lowest BCUT2D eigenvalue weighted by Crippen LogP contribution is -2.19. The molecule has 1 aromatic carbocycles. The van der Waals surface area contributed by atoms with Crippen molar-refractivity contribution >= 4 is 28.9 Å². The van der Waals surface area contributed by atoms with Gasteiger partial charge in [0.05, 0.1) is 22.9 Å². The van der Waals surface area contributed by atoms with Gasteiger partial charge >= 0.3 is 5.97 Å². The average molecular weight is 297 g/mol. The second kappa shape index (κ2) is 6.35. The van der Waals surface area contributed by atoms with Gasteiger partial charge in [0, 0.05) is 11.7 Å². The number of ether oxygens (including phenoxy) is 1. The fourth-order valence-electron chi connectivity index (χ4n) is 2.69. The van der Waals surface area contributed by atoms with Crippen LogP contribution >= 0.6 is 11.6 Å². The maximum absolute atomic E-state index is 12.0. The smallest absolute Gasteiger partial charge is 0.340 e. The molecule has 0 spiro atoms. The van der Waals surface area contributed by atoms with Crippen LogP contribution in [0.2, 0.25) is 5.02 Å². The van der Waals surface area contributed by atoms with E-state index in [0.717, 1.165) is 12.8 Å². The Morgan fingerprint density at radius 2 is 2.25 bits per heavy atom. The van der Waals surface area contributed by atoms with Gasteiger partial charge in [-0.25, -0.2) is 4.79 Å². The van der Waals surface area contributed by atoms with Crippen molar-refractivity contribution in [3.8, 4) is 0 Å². The zero-order valence-electron chi connectivity index (χ0n) is 11.9. The summed E-state index contributed by atoms with van der Waals surface area (Å²) in [6, 6.07) is 3.62. The molecule has 2 rings (SSSR count). The van der Waals surface area contributed by atoms with Crippen LogP contribution in [0.1, 0.15) is 43.5 Å². The summed E-state index contributed by atoms with van der Waals surface area (Å²) in [5.41, 5.74) is 7.28. The van der Waals surface area contributed by atoms with Crippen LogP contribution in [0.4, 0.5) is 11.4 Å². The molecule has 1 aromatic rings. The predicted octanol–water partition coefficient (Wildman–Crippen LogP) is 3.70. The maximum atomic E-state index is 12.0. The molecule has 0 bridgehead atoms. The van der Waals surface area contributed by atoms with E-state index in [4.69, 9.17) is 22.1 Å². The molecule has 3 N–H and O–H groups in total. The summed E-state index contributed by atoms with van der Waals surface area (Å²) in [7, 11) is 0. The number of nitrogens with one attached hydrogen (secondary N) is 1. The highest BCUT2D eigenvalue weighted by Crippen LogP contribution is 2.34. The molecule has 0 saturated heterocycles. The molecule has 0 heterocycles. The lowest BCUT2D eigenvalue weighted by Gasteiger charge is -2.18. The molecule has 1 saturated carbocycles. The standard InChI is InChI=1S/C15H21ClN2O2/c1-3-20-15(19)12-7-10(17)8-13(16)14(12)18-11-5-4-9(2)6-11/h7-9,11,18H,3-6,17H2,1-2H3. The highest BCUT2D eigenvalue weighted by atomic mass is 35.5. The Hall–Kier alpha value is -1.42. The molecule has 0 amide bonds. The minimum absolute atomic E-state index is 0.325. The molecule has 0 radical (unpaired) electrons. The van der Waals surface area contributed by atoms with E-state index in [1.807, 2.05) is 0 Å². The molecular weight excluding hydrogens is 276 g/mol. The molecular formula is C15H21ClN2O2. The third-order valence-electron chi connectivity index (χ3n) is 3.65. The van der Waals surface area contributed by atoms with Crippen LogP contribution in [0.15, 0.2) is 12.1 Å². The molecule has 1 aliphatic rings. The molecule has 20 heavy (non-hydrogen) atoms. The zero-order chi connectivity index (χ0) is 14.7. The molecule has 1 fully saturated rings. The number of carbonyl (C=O) groups is 1. The van der Waals surface area contributed by atoms with E-state index >= 15 is 0 Å². The Labute approximate surface area is 124 Å². The third kappa shape index (κ3) is 3.37.